The first-order valence-electron chi connectivity index (χ1n) is 6.19. The summed E-state index contributed by atoms with van der Waals surface area (Å²) >= 11 is 7.67. The van der Waals surface area contributed by atoms with Gasteiger partial charge in [0.1, 0.15) is 5.01 Å². The van der Waals surface area contributed by atoms with Crippen LogP contribution < -0.4 is 5.32 Å². The third-order valence-corrected chi connectivity index (χ3v) is 4.14. The van der Waals surface area contributed by atoms with Crippen LogP contribution in [0.2, 0.25) is 5.02 Å². The minimum atomic E-state index is 0.763. The van der Waals surface area contributed by atoms with Gasteiger partial charge in [-0.1, -0.05) is 37.6 Å². The summed E-state index contributed by atoms with van der Waals surface area (Å²) in [5, 5.41) is 5.21. The van der Waals surface area contributed by atoms with Gasteiger partial charge in [-0.15, -0.1) is 11.3 Å². The Hall–Kier alpha value is -0.900. The molecule has 0 bridgehead atoms. The molecule has 1 aromatic heterocycles. The molecule has 0 fully saturated rings. The van der Waals surface area contributed by atoms with Crippen molar-refractivity contribution in [2.24, 2.45) is 0 Å². The van der Waals surface area contributed by atoms with E-state index in [0.717, 1.165) is 35.1 Å². The second kappa shape index (κ2) is 6.32. The first-order chi connectivity index (χ1) is 8.74. The molecule has 2 aromatic rings. The summed E-state index contributed by atoms with van der Waals surface area (Å²) < 4.78 is 0. The number of aryl methyl sites for hydroxylation is 1. The summed E-state index contributed by atoms with van der Waals surface area (Å²) in [7, 11) is 0. The van der Waals surface area contributed by atoms with Crippen LogP contribution in [0.15, 0.2) is 24.3 Å². The molecule has 1 aromatic carbocycles. The maximum atomic E-state index is 5.90. The minimum Gasteiger partial charge on any atom is -0.312 e. The monoisotopic (exact) mass is 280 g/mol. The van der Waals surface area contributed by atoms with Crippen LogP contribution in [0.1, 0.15) is 24.4 Å². The van der Waals surface area contributed by atoms with Crippen molar-refractivity contribution in [1.82, 2.24) is 10.3 Å². The highest BCUT2D eigenvalue weighted by atomic mass is 35.5. The van der Waals surface area contributed by atoms with Crippen molar-refractivity contribution in [2.75, 3.05) is 6.54 Å². The number of nitrogens with zero attached hydrogens (tertiary/aromatic N) is 1. The van der Waals surface area contributed by atoms with Gasteiger partial charge in [-0.2, -0.15) is 0 Å². The molecule has 0 atom stereocenters. The molecular weight excluding hydrogens is 264 g/mol. The summed E-state index contributed by atoms with van der Waals surface area (Å²) in [6.45, 7) is 6.16. The van der Waals surface area contributed by atoms with E-state index in [1.54, 1.807) is 11.3 Å². The van der Waals surface area contributed by atoms with Gasteiger partial charge in [-0.05, 0) is 25.1 Å². The van der Waals surface area contributed by atoms with Gasteiger partial charge in [0, 0.05) is 22.0 Å². The zero-order chi connectivity index (χ0) is 13.0. The topological polar surface area (TPSA) is 24.9 Å². The third kappa shape index (κ3) is 3.10. The molecule has 1 N–H and O–H groups in total. The Bertz CT molecular complexity index is 505. The van der Waals surface area contributed by atoms with E-state index in [-0.39, 0.29) is 0 Å². The first-order valence-corrected chi connectivity index (χ1v) is 7.39. The highest BCUT2D eigenvalue weighted by Gasteiger charge is 2.10. The largest absolute Gasteiger partial charge is 0.312 e. The number of rotatable bonds is 5. The maximum Gasteiger partial charge on any atom is 0.123 e. The van der Waals surface area contributed by atoms with Crippen molar-refractivity contribution in [3.63, 3.8) is 0 Å². The standard InChI is InChI=1S/C14H17ClN2S/c1-3-12-13(9-16-4-2)18-14(17-12)10-5-7-11(15)8-6-10/h5-8,16H,3-4,9H2,1-2H3. The van der Waals surface area contributed by atoms with Gasteiger partial charge in [-0.3, -0.25) is 0 Å². The molecule has 0 amide bonds. The van der Waals surface area contributed by atoms with Gasteiger partial charge in [0.05, 0.1) is 5.69 Å². The van der Waals surface area contributed by atoms with Gasteiger partial charge in [-0.25, -0.2) is 4.98 Å². The maximum absolute atomic E-state index is 5.90. The average Bonchev–Trinajstić information content (AvgIpc) is 2.80. The van der Waals surface area contributed by atoms with Crippen LogP contribution in [0.25, 0.3) is 10.6 Å². The summed E-state index contributed by atoms with van der Waals surface area (Å²) in [5.74, 6) is 0. The zero-order valence-electron chi connectivity index (χ0n) is 10.7. The molecule has 0 radical (unpaired) electrons. The van der Waals surface area contributed by atoms with Crippen LogP contribution in [0.5, 0.6) is 0 Å². The Morgan fingerprint density at radius 1 is 1.22 bits per heavy atom. The molecule has 0 saturated heterocycles. The Morgan fingerprint density at radius 2 is 1.94 bits per heavy atom. The van der Waals surface area contributed by atoms with E-state index >= 15 is 0 Å². The fourth-order valence-electron chi connectivity index (χ4n) is 1.75. The molecule has 0 saturated carbocycles. The highest BCUT2D eigenvalue weighted by Crippen LogP contribution is 2.29. The molecule has 0 aliphatic carbocycles. The van der Waals surface area contributed by atoms with Crippen LogP contribution in [0.4, 0.5) is 0 Å². The summed E-state index contributed by atoms with van der Waals surface area (Å²) in [4.78, 5) is 6.05. The zero-order valence-corrected chi connectivity index (χ0v) is 12.2. The van der Waals surface area contributed by atoms with Crippen molar-refractivity contribution < 1.29 is 0 Å². The third-order valence-electron chi connectivity index (χ3n) is 2.74. The molecule has 18 heavy (non-hydrogen) atoms. The molecule has 96 valence electrons. The van der Waals surface area contributed by atoms with Crippen molar-refractivity contribution >= 4 is 22.9 Å². The molecule has 1 heterocycles. The van der Waals surface area contributed by atoms with Crippen molar-refractivity contribution in [1.29, 1.82) is 0 Å². The van der Waals surface area contributed by atoms with Gasteiger partial charge in [0.25, 0.3) is 0 Å². The predicted octanol–water partition coefficient (Wildman–Crippen LogP) is 4.14. The summed E-state index contributed by atoms with van der Waals surface area (Å²) in [6, 6.07) is 7.87. The Labute approximate surface area is 117 Å². The lowest BCUT2D eigenvalue weighted by Gasteiger charge is -1.99. The van der Waals surface area contributed by atoms with Gasteiger partial charge in [0.15, 0.2) is 0 Å². The van der Waals surface area contributed by atoms with Gasteiger partial charge in [0.2, 0.25) is 0 Å². The summed E-state index contributed by atoms with van der Waals surface area (Å²) in [5.41, 5.74) is 2.34. The highest BCUT2D eigenvalue weighted by molar-refractivity contribution is 7.15. The number of thiazole rings is 1. The second-order valence-corrected chi connectivity index (χ2v) is 5.55. The SMILES string of the molecule is CCNCc1sc(-c2ccc(Cl)cc2)nc1CC. The van der Waals surface area contributed by atoms with E-state index in [2.05, 4.69) is 19.2 Å². The number of benzene rings is 1. The van der Waals surface area contributed by atoms with Crippen LogP contribution in [0, 0.1) is 0 Å². The fourth-order valence-corrected chi connectivity index (χ4v) is 3.00. The Kier molecular flexibility index (Phi) is 4.75. The van der Waals surface area contributed by atoms with Gasteiger partial charge >= 0.3 is 0 Å². The molecular formula is C14H17ClN2S. The predicted molar refractivity (Wildman–Crippen MR) is 79.3 cm³/mol. The quantitative estimate of drug-likeness (QED) is 0.890. The van der Waals surface area contributed by atoms with E-state index in [0.29, 0.717) is 0 Å². The molecule has 0 aliphatic rings. The van der Waals surface area contributed by atoms with Crippen molar-refractivity contribution in [3.05, 3.63) is 39.9 Å². The van der Waals surface area contributed by atoms with Crippen LogP contribution in [0.3, 0.4) is 0 Å². The first kappa shape index (κ1) is 13.5. The van der Waals surface area contributed by atoms with E-state index in [1.807, 2.05) is 24.3 Å². The summed E-state index contributed by atoms with van der Waals surface area (Å²) in [6.07, 6.45) is 0.977. The van der Waals surface area contributed by atoms with E-state index in [4.69, 9.17) is 16.6 Å². The fraction of sp³-hybridized carbons (Fsp3) is 0.357. The minimum absolute atomic E-state index is 0.763. The second-order valence-electron chi connectivity index (χ2n) is 4.03. The number of hydrogen-bond donors (Lipinski definition) is 1. The van der Waals surface area contributed by atoms with E-state index in [9.17, 15) is 0 Å². The van der Waals surface area contributed by atoms with Crippen molar-refractivity contribution in [3.8, 4) is 10.6 Å². The van der Waals surface area contributed by atoms with Gasteiger partial charge < -0.3 is 5.32 Å². The molecule has 4 heteroatoms. The van der Waals surface area contributed by atoms with Crippen LogP contribution in [-0.4, -0.2) is 11.5 Å². The smallest absolute Gasteiger partial charge is 0.123 e. The number of halogens is 1. The normalized spacial score (nSPS) is 10.8. The molecule has 0 spiro atoms. The lowest BCUT2D eigenvalue weighted by Crippen LogP contribution is -2.11. The van der Waals surface area contributed by atoms with E-state index < -0.39 is 0 Å². The molecule has 2 nitrogen and oxygen atoms in total. The lowest BCUT2D eigenvalue weighted by atomic mass is 10.2. The average molecular weight is 281 g/mol. The number of aromatic nitrogens is 1. The molecule has 0 unspecified atom stereocenters. The number of hydrogen-bond acceptors (Lipinski definition) is 3. The Balaban J connectivity index is 2.28. The van der Waals surface area contributed by atoms with Crippen LogP contribution in [-0.2, 0) is 13.0 Å². The lowest BCUT2D eigenvalue weighted by molar-refractivity contribution is 0.727. The Morgan fingerprint density at radius 3 is 2.56 bits per heavy atom. The van der Waals surface area contributed by atoms with E-state index in [1.165, 1.54) is 10.6 Å². The van der Waals surface area contributed by atoms with Crippen molar-refractivity contribution in [2.45, 2.75) is 26.8 Å². The van der Waals surface area contributed by atoms with Crippen LogP contribution >= 0.6 is 22.9 Å². The number of nitrogens with one attached hydrogen (secondary N) is 1. The molecule has 0 aliphatic heterocycles. The molecule has 2 rings (SSSR count).